The molecule has 1 aromatic carbocycles. The van der Waals surface area contributed by atoms with Gasteiger partial charge in [0, 0.05) is 30.8 Å². The number of aromatic nitrogens is 1. The number of pyridine rings is 1. The molecule has 3 rings (SSSR count). The average molecular weight is 358 g/mol. The molecule has 0 spiro atoms. The summed E-state index contributed by atoms with van der Waals surface area (Å²) in [6, 6.07) is 13.2. The summed E-state index contributed by atoms with van der Waals surface area (Å²) in [5.41, 5.74) is 1.05. The number of hydrogen-bond acceptors (Lipinski definition) is 4. The number of H-pyrrole nitrogens is 1. The molecule has 8 heteroatoms. The van der Waals surface area contributed by atoms with Crippen LogP contribution < -0.4 is 15.2 Å². The van der Waals surface area contributed by atoms with Crippen molar-refractivity contribution in [1.82, 2.24) is 4.90 Å². The quantitative estimate of drug-likeness (QED) is 0.516. The van der Waals surface area contributed by atoms with Crippen molar-refractivity contribution in [2.24, 2.45) is 0 Å². The number of hydrogen-bond donors (Lipinski definition) is 1. The van der Waals surface area contributed by atoms with E-state index in [2.05, 4.69) is 20.1 Å². The highest BCUT2D eigenvalue weighted by Gasteiger charge is 2.23. The standard InChI is InChI=1S/C17H19N5O2S/c23-22(24)15-7-8-16(18-13-15)20-9-4-10-21(12-11-20)17(25)19-14-5-2-1-3-6-14/h1-3,5-8,13H,4,9-12H2,(H,19,25)/p+1. The third kappa shape index (κ3) is 4.42. The van der Waals surface area contributed by atoms with Crippen molar-refractivity contribution in [2.45, 2.75) is 6.42 Å². The number of anilines is 2. The highest BCUT2D eigenvalue weighted by Crippen LogP contribution is 2.15. The maximum atomic E-state index is 10.8. The second-order valence-electron chi connectivity index (χ2n) is 5.81. The number of nitrogens with zero attached hydrogens (tertiary/aromatic N) is 3. The van der Waals surface area contributed by atoms with Crippen LogP contribution in [0.4, 0.5) is 17.2 Å². The highest BCUT2D eigenvalue weighted by molar-refractivity contribution is 7.80. The van der Waals surface area contributed by atoms with Crippen molar-refractivity contribution in [3.63, 3.8) is 0 Å². The molecular formula is C17H20N5O2S+. The molecule has 0 saturated carbocycles. The van der Waals surface area contributed by atoms with Crippen LogP contribution in [0.3, 0.4) is 0 Å². The zero-order valence-electron chi connectivity index (χ0n) is 13.7. The van der Waals surface area contributed by atoms with Gasteiger partial charge in [-0.2, -0.15) is 0 Å². The van der Waals surface area contributed by atoms with E-state index in [1.165, 1.54) is 12.3 Å². The minimum Gasteiger partial charge on any atom is -0.345 e. The number of benzene rings is 1. The lowest BCUT2D eigenvalue weighted by atomic mass is 10.3. The van der Waals surface area contributed by atoms with Gasteiger partial charge in [0.25, 0.3) is 5.82 Å². The number of aromatic amines is 1. The van der Waals surface area contributed by atoms with Crippen LogP contribution in [0.2, 0.25) is 0 Å². The molecule has 1 fully saturated rings. The van der Waals surface area contributed by atoms with Gasteiger partial charge in [0.05, 0.1) is 18.0 Å². The normalized spacial score (nSPS) is 14.7. The highest BCUT2D eigenvalue weighted by atomic mass is 32.1. The van der Waals surface area contributed by atoms with Crippen molar-refractivity contribution in [3.8, 4) is 0 Å². The zero-order valence-corrected chi connectivity index (χ0v) is 14.5. The Kier molecular flexibility index (Phi) is 5.39. The molecular weight excluding hydrogens is 338 g/mol. The number of para-hydroxylation sites is 1. The number of nitro groups is 1. The Balaban J connectivity index is 1.60. The maximum absolute atomic E-state index is 10.8. The van der Waals surface area contributed by atoms with Crippen LogP contribution in [0.5, 0.6) is 0 Å². The molecule has 0 bridgehead atoms. The maximum Gasteiger partial charge on any atom is 0.308 e. The topological polar surface area (TPSA) is 75.8 Å². The summed E-state index contributed by atoms with van der Waals surface area (Å²) in [5.74, 6) is 0.884. The van der Waals surface area contributed by atoms with Gasteiger partial charge in [0.2, 0.25) is 0 Å². The molecule has 0 aliphatic carbocycles. The van der Waals surface area contributed by atoms with E-state index in [1.807, 2.05) is 30.3 Å². The van der Waals surface area contributed by atoms with E-state index < -0.39 is 4.92 Å². The Labute approximate surface area is 151 Å². The monoisotopic (exact) mass is 358 g/mol. The predicted molar refractivity (Wildman–Crippen MR) is 101 cm³/mol. The van der Waals surface area contributed by atoms with Crippen LogP contribution in [0, 0.1) is 10.1 Å². The van der Waals surface area contributed by atoms with E-state index in [-0.39, 0.29) is 5.69 Å². The molecule has 1 aliphatic rings. The van der Waals surface area contributed by atoms with Gasteiger partial charge in [0.1, 0.15) is 6.54 Å². The van der Waals surface area contributed by atoms with Crippen LogP contribution in [-0.2, 0) is 0 Å². The van der Waals surface area contributed by atoms with Crippen LogP contribution in [0.25, 0.3) is 0 Å². The molecule has 1 aliphatic heterocycles. The van der Waals surface area contributed by atoms with Crippen LogP contribution >= 0.6 is 12.2 Å². The Bertz CT molecular complexity index is 738. The first kappa shape index (κ1) is 17.1. The van der Waals surface area contributed by atoms with E-state index in [9.17, 15) is 10.1 Å². The molecule has 0 unspecified atom stereocenters. The lowest BCUT2D eigenvalue weighted by molar-refractivity contribution is -0.414. The summed E-state index contributed by atoms with van der Waals surface area (Å²) in [4.78, 5) is 17.7. The van der Waals surface area contributed by atoms with Gasteiger partial charge in [-0.25, -0.2) is 4.98 Å². The lowest BCUT2D eigenvalue weighted by Crippen LogP contribution is -2.38. The smallest absolute Gasteiger partial charge is 0.308 e. The van der Waals surface area contributed by atoms with Crippen molar-refractivity contribution in [1.29, 1.82) is 0 Å². The molecule has 25 heavy (non-hydrogen) atoms. The van der Waals surface area contributed by atoms with Gasteiger partial charge in [-0.15, -0.1) is 0 Å². The fourth-order valence-electron chi connectivity index (χ4n) is 2.80. The van der Waals surface area contributed by atoms with Gasteiger partial charge in [0.15, 0.2) is 11.3 Å². The fraction of sp³-hybridized carbons (Fsp3) is 0.294. The van der Waals surface area contributed by atoms with Crippen molar-refractivity contribution in [3.05, 3.63) is 58.8 Å². The van der Waals surface area contributed by atoms with E-state index in [0.29, 0.717) is 0 Å². The molecule has 1 saturated heterocycles. The summed E-state index contributed by atoms with van der Waals surface area (Å²) in [7, 11) is 0. The van der Waals surface area contributed by atoms with Gasteiger partial charge in [-0.1, -0.05) is 18.2 Å². The van der Waals surface area contributed by atoms with Gasteiger partial charge >= 0.3 is 5.69 Å². The first-order valence-electron chi connectivity index (χ1n) is 8.15. The third-order valence-electron chi connectivity index (χ3n) is 4.14. The second-order valence-corrected chi connectivity index (χ2v) is 6.20. The average Bonchev–Trinajstić information content (AvgIpc) is 2.89. The Morgan fingerprint density at radius 1 is 1.12 bits per heavy atom. The molecule has 2 aromatic rings. The Morgan fingerprint density at radius 2 is 1.92 bits per heavy atom. The van der Waals surface area contributed by atoms with Gasteiger partial charge < -0.3 is 10.2 Å². The summed E-state index contributed by atoms with van der Waals surface area (Å²) in [6.07, 6.45) is 2.39. The van der Waals surface area contributed by atoms with E-state index in [0.717, 1.165) is 49.2 Å². The molecule has 0 atom stereocenters. The number of rotatable bonds is 3. The third-order valence-corrected chi connectivity index (χ3v) is 4.50. The molecule has 2 heterocycles. The molecule has 7 nitrogen and oxygen atoms in total. The van der Waals surface area contributed by atoms with Gasteiger partial charge in [-0.3, -0.25) is 15.0 Å². The second kappa shape index (κ2) is 7.89. The summed E-state index contributed by atoms with van der Waals surface area (Å²) in [5, 5.41) is 14.7. The number of thiocarbonyl (C=S) groups is 1. The van der Waals surface area contributed by atoms with Crippen molar-refractivity contribution < 1.29 is 9.91 Å². The van der Waals surface area contributed by atoms with Crippen molar-refractivity contribution >= 4 is 34.5 Å². The first-order valence-corrected chi connectivity index (χ1v) is 8.56. The largest absolute Gasteiger partial charge is 0.345 e. The summed E-state index contributed by atoms with van der Waals surface area (Å²) in [6.45, 7) is 3.34. The fourth-order valence-corrected chi connectivity index (χ4v) is 3.10. The Hall–Kier alpha value is -2.74. The van der Waals surface area contributed by atoms with Gasteiger partial charge in [-0.05, 0) is 24.4 Å². The Morgan fingerprint density at radius 3 is 2.60 bits per heavy atom. The summed E-state index contributed by atoms with van der Waals surface area (Å²) >= 11 is 5.53. The molecule has 0 radical (unpaired) electrons. The van der Waals surface area contributed by atoms with E-state index in [4.69, 9.17) is 12.2 Å². The van der Waals surface area contributed by atoms with Crippen LogP contribution in [0.1, 0.15) is 6.42 Å². The SMILES string of the molecule is O=[N+]([O-])c1ccc(N2CCCN(C(=S)Nc3ccccc3)CC2)[nH+]c1. The van der Waals surface area contributed by atoms with Crippen LogP contribution in [-0.4, -0.2) is 41.1 Å². The molecule has 0 amide bonds. The molecule has 1 aromatic heterocycles. The van der Waals surface area contributed by atoms with E-state index in [1.54, 1.807) is 6.07 Å². The number of nitrogens with one attached hydrogen (secondary N) is 2. The van der Waals surface area contributed by atoms with Crippen LogP contribution in [0.15, 0.2) is 48.7 Å². The van der Waals surface area contributed by atoms with Crippen molar-refractivity contribution in [2.75, 3.05) is 36.4 Å². The minimum absolute atomic E-state index is 0.0634. The minimum atomic E-state index is -0.405. The predicted octanol–water partition coefficient (Wildman–Crippen LogP) is 2.32. The summed E-state index contributed by atoms with van der Waals surface area (Å²) < 4.78 is 0. The zero-order chi connectivity index (χ0) is 17.6. The lowest BCUT2D eigenvalue weighted by Gasteiger charge is -2.23. The first-order chi connectivity index (χ1) is 12.1. The molecule has 130 valence electrons. The van der Waals surface area contributed by atoms with E-state index >= 15 is 0 Å². The molecule has 2 N–H and O–H groups in total.